The Morgan fingerprint density at radius 2 is 1.81 bits per heavy atom. The number of anilines is 2. The summed E-state index contributed by atoms with van der Waals surface area (Å²) in [6, 6.07) is 18.8. The van der Waals surface area contributed by atoms with E-state index >= 15 is 0 Å². The zero-order valence-electron chi connectivity index (χ0n) is 17.6. The molecule has 0 unspecified atom stereocenters. The van der Waals surface area contributed by atoms with Gasteiger partial charge >= 0.3 is 0 Å². The van der Waals surface area contributed by atoms with E-state index in [1.165, 1.54) is 0 Å². The maximum atomic E-state index is 13.1. The van der Waals surface area contributed by atoms with Crippen molar-refractivity contribution in [1.29, 1.82) is 0 Å². The highest BCUT2D eigenvalue weighted by atomic mass is 16.1. The van der Waals surface area contributed by atoms with Crippen molar-refractivity contribution in [2.45, 2.75) is 26.7 Å². The fourth-order valence-electron chi connectivity index (χ4n) is 3.22. The van der Waals surface area contributed by atoms with Crippen molar-refractivity contribution in [1.82, 2.24) is 25.2 Å². The average molecular weight is 413 g/mol. The Bertz CT molecular complexity index is 1230. The van der Waals surface area contributed by atoms with Crippen LogP contribution in [0.15, 0.2) is 60.7 Å². The number of aromatic nitrogens is 5. The number of hydrogen-bond acceptors (Lipinski definition) is 6. The number of carbonyl (C=O) groups excluding carboxylic acids is 1. The zero-order valence-corrected chi connectivity index (χ0v) is 17.6. The molecule has 0 aliphatic carbocycles. The number of pyridine rings is 1. The van der Waals surface area contributed by atoms with Crippen LogP contribution in [0.3, 0.4) is 0 Å². The van der Waals surface area contributed by atoms with Crippen LogP contribution in [0.2, 0.25) is 0 Å². The largest absolute Gasteiger partial charge is 0.384 e. The third-order valence-electron chi connectivity index (χ3n) is 4.83. The molecule has 0 aliphatic heterocycles. The van der Waals surface area contributed by atoms with E-state index in [1.807, 2.05) is 57.2 Å². The van der Waals surface area contributed by atoms with E-state index in [-0.39, 0.29) is 11.8 Å². The predicted octanol–water partition coefficient (Wildman–Crippen LogP) is 3.99. The van der Waals surface area contributed by atoms with Crippen LogP contribution in [-0.2, 0) is 0 Å². The van der Waals surface area contributed by atoms with Gasteiger partial charge in [0.05, 0.1) is 5.69 Å². The van der Waals surface area contributed by atoms with Gasteiger partial charge in [-0.2, -0.15) is 4.68 Å². The first-order valence-corrected chi connectivity index (χ1v) is 9.95. The number of rotatable bonds is 5. The molecular weight excluding hydrogens is 390 g/mol. The van der Waals surface area contributed by atoms with E-state index in [4.69, 9.17) is 5.73 Å². The van der Waals surface area contributed by atoms with Crippen molar-refractivity contribution in [3.05, 3.63) is 77.6 Å². The fraction of sp³-hybridized carbons (Fsp3) is 0.174. The van der Waals surface area contributed by atoms with Crippen molar-refractivity contribution in [2.75, 3.05) is 11.1 Å². The molecule has 0 saturated heterocycles. The quantitative estimate of drug-likeness (QED) is 0.512. The second kappa shape index (κ2) is 8.35. The molecule has 8 nitrogen and oxygen atoms in total. The number of nitrogen functional groups attached to an aromatic ring is 1. The van der Waals surface area contributed by atoms with Crippen molar-refractivity contribution in [3.63, 3.8) is 0 Å². The van der Waals surface area contributed by atoms with Crippen molar-refractivity contribution < 1.29 is 4.79 Å². The number of nitrogens with one attached hydrogen (secondary N) is 1. The van der Waals surface area contributed by atoms with Gasteiger partial charge in [0, 0.05) is 11.5 Å². The maximum Gasteiger partial charge on any atom is 0.256 e. The molecule has 0 bridgehead atoms. The van der Waals surface area contributed by atoms with Gasteiger partial charge in [-0.05, 0) is 58.8 Å². The van der Waals surface area contributed by atoms with Crippen LogP contribution in [-0.4, -0.2) is 31.1 Å². The van der Waals surface area contributed by atoms with Crippen molar-refractivity contribution in [3.8, 4) is 16.8 Å². The van der Waals surface area contributed by atoms with Gasteiger partial charge < -0.3 is 11.1 Å². The van der Waals surface area contributed by atoms with Crippen molar-refractivity contribution >= 4 is 17.5 Å². The van der Waals surface area contributed by atoms with Gasteiger partial charge in [0.15, 0.2) is 5.82 Å². The van der Waals surface area contributed by atoms with Gasteiger partial charge in [-0.3, -0.25) is 4.79 Å². The number of aryl methyl sites for hydroxylation is 1. The monoisotopic (exact) mass is 413 g/mol. The summed E-state index contributed by atoms with van der Waals surface area (Å²) in [6.07, 6.45) is 0. The Hall–Kier alpha value is -4.07. The summed E-state index contributed by atoms with van der Waals surface area (Å²) < 4.78 is 1.66. The third-order valence-corrected chi connectivity index (χ3v) is 4.83. The number of nitrogens with zero attached hydrogens (tertiary/aromatic N) is 5. The third kappa shape index (κ3) is 4.42. The molecule has 2 heterocycles. The minimum atomic E-state index is -0.299. The highest BCUT2D eigenvalue weighted by Gasteiger charge is 2.16. The summed E-state index contributed by atoms with van der Waals surface area (Å²) in [4.78, 5) is 17.2. The molecule has 1 amide bonds. The molecule has 4 aromatic rings. The Kier molecular flexibility index (Phi) is 5.44. The number of tetrazole rings is 1. The lowest BCUT2D eigenvalue weighted by Crippen LogP contribution is -2.14. The van der Waals surface area contributed by atoms with E-state index in [0.717, 1.165) is 16.7 Å². The number of benzene rings is 2. The Balaban J connectivity index is 1.80. The molecule has 4 rings (SSSR count). The molecule has 0 fully saturated rings. The first kappa shape index (κ1) is 20.2. The summed E-state index contributed by atoms with van der Waals surface area (Å²) in [5, 5.41) is 14.9. The number of nitrogens with two attached hydrogens (primary N) is 1. The number of amides is 1. The molecule has 2 aromatic carbocycles. The van der Waals surface area contributed by atoms with Crippen LogP contribution >= 0.6 is 0 Å². The normalized spacial score (nSPS) is 11.0. The molecule has 0 aliphatic rings. The number of carbonyl (C=O) groups is 1. The standard InChI is InChI=1S/C23H23N7O/c1-14(2)22-27-28-29-30(22)19-12-17(16-9-7-15(3)8-10-16)11-18(13-19)23(31)26-21-6-4-5-20(24)25-21/h4-14H,1-3H3,(H3,24,25,26,31). The lowest BCUT2D eigenvalue weighted by Gasteiger charge is -2.13. The topological polar surface area (TPSA) is 112 Å². The Morgan fingerprint density at radius 3 is 2.52 bits per heavy atom. The summed E-state index contributed by atoms with van der Waals surface area (Å²) in [5.74, 6) is 1.25. The molecule has 8 heteroatoms. The smallest absolute Gasteiger partial charge is 0.256 e. The second-order valence-corrected chi connectivity index (χ2v) is 7.64. The molecule has 2 aromatic heterocycles. The molecule has 31 heavy (non-hydrogen) atoms. The van der Waals surface area contributed by atoms with Crippen LogP contribution in [0.4, 0.5) is 11.6 Å². The Labute approximate surface area is 180 Å². The van der Waals surface area contributed by atoms with E-state index in [0.29, 0.717) is 28.7 Å². The van der Waals surface area contributed by atoms with Crippen LogP contribution in [0.1, 0.15) is 41.5 Å². The summed E-state index contributed by atoms with van der Waals surface area (Å²) >= 11 is 0. The first-order valence-electron chi connectivity index (χ1n) is 9.95. The lowest BCUT2D eigenvalue weighted by atomic mass is 10.0. The van der Waals surface area contributed by atoms with Gasteiger partial charge in [0.2, 0.25) is 0 Å². The fourth-order valence-corrected chi connectivity index (χ4v) is 3.22. The minimum Gasteiger partial charge on any atom is -0.384 e. The molecule has 0 radical (unpaired) electrons. The van der Waals surface area contributed by atoms with Gasteiger partial charge in [-0.1, -0.05) is 49.7 Å². The highest BCUT2D eigenvalue weighted by molar-refractivity contribution is 6.05. The van der Waals surface area contributed by atoms with Gasteiger partial charge in [-0.15, -0.1) is 5.10 Å². The predicted molar refractivity (Wildman–Crippen MR) is 120 cm³/mol. The van der Waals surface area contributed by atoms with E-state index in [2.05, 4.69) is 25.8 Å². The van der Waals surface area contributed by atoms with Crippen LogP contribution in [0, 0.1) is 6.92 Å². The van der Waals surface area contributed by atoms with Crippen LogP contribution in [0.5, 0.6) is 0 Å². The zero-order chi connectivity index (χ0) is 22.0. The molecular formula is C23H23N7O. The molecule has 3 N–H and O–H groups in total. The summed E-state index contributed by atoms with van der Waals surface area (Å²) in [6.45, 7) is 6.07. The number of hydrogen-bond donors (Lipinski definition) is 2. The van der Waals surface area contributed by atoms with Crippen LogP contribution in [0.25, 0.3) is 16.8 Å². The minimum absolute atomic E-state index is 0.117. The van der Waals surface area contributed by atoms with Crippen molar-refractivity contribution in [2.24, 2.45) is 0 Å². The summed E-state index contributed by atoms with van der Waals surface area (Å²) in [5.41, 5.74) is 9.93. The lowest BCUT2D eigenvalue weighted by molar-refractivity contribution is 0.102. The van der Waals surface area contributed by atoms with Crippen LogP contribution < -0.4 is 11.1 Å². The van der Waals surface area contributed by atoms with Gasteiger partial charge in [0.25, 0.3) is 5.91 Å². The van der Waals surface area contributed by atoms with E-state index < -0.39 is 0 Å². The summed E-state index contributed by atoms with van der Waals surface area (Å²) in [7, 11) is 0. The average Bonchev–Trinajstić information content (AvgIpc) is 3.24. The maximum absolute atomic E-state index is 13.1. The molecule has 0 saturated carbocycles. The van der Waals surface area contributed by atoms with Gasteiger partial charge in [-0.25, -0.2) is 4.98 Å². The molecule has 0 spiro atoms. The van der Waals surface area contributed by atoms with E-state index in [1.54, 1.807) is 28.9 Å². The van der Waals surface area contributed by atoms with E-state index in [9.17, 15) is 4.79 Å². The molecule has 0 atom stereocenters. The second-order valence-electron chi connectivity index (χ2n) is 7.64. The highest BCUT2D eigenvalue weighted by Crippen LogP contribution is 2.26. The first-order chi connectivity index (χ1) is 14.9. The SMILES string of the molecule is Cc1ccc(-c2cc(C(=O)Nc3cccc(N)n3)cc(-n3nnnc3C(C)C)c2)cc1. The Morgan fingerprint density at radius 1 is 1.03 bits per heavy atom. The molecule has 156 valence electrons. The van der Waals surface area contributed by atoms with Gasteiger partial charge in [0.1, 0.15) is 11.6 Å².